The smallest absolute Gasteiger partial charge is 0.252 e. The van der Waals surface area contributed by atoms with E-state index in [1.807, 2.05) is 48.9 Å². The van der Waals surface area contributed by atoms with Gasteiger partial charge in [0.15, 0.2) is 11.4 Å². The van der Waals surface area contributed by atoms with Gasteiger partial charge in [0.2, 0.25) is 17.3 Å². The number of nitrogens with zero attached hydrogens (tertiary/aromatic N) is 3. The molecule has 10 nitrogen and oxygen atoms in total. The van der Waals surface area contributed by atoms with Gasteiger partial charge in [0.05, 0.1) is 26.2 Å². The van der Waals surface area contributed by atoms with Gasteiger partial charge in [-0.1, -0.05) is 13.8 Å². The molecule has 1 aliphatic heterocycles. The number of nitrogens with one attached hydrogen (secondary N) is 2. The summed E-state index contributed by atoms with van der Waals surface area (Å²) in [7, 11) is 3.27. The quantitative estimate of drug-likeness (QED) is 0.345. The molecule has 4 aromatic rings. The zero-order chi connectivity index (χ0) is 25.4. The second-order valence-corrected chi connectivity index (χ2v) is 9.30. The van der Waals surface area contributed by atoms with Crippen molar-refractivity contribution < 1.29 is 23.4 Å². The molecule has 190 valence electrons. The van der Waals surface area contributed by atoms with Crippen LogP contribution in [0.25, 0.3) is 16.9 Å². The van der Waals surface area contributed by atoms with Gasteiger partial charge in [-0.3, -0.25) is 4.57 Å². The zero-order valence-corrected chi connectivity index (χ0v) is 21.3. The first-order valence-corrected chi connectivity index (χ1v) is 11.8. The van der Waals surface area contributed by atoms with E-state index in [4.69, 9.17) is 23.4 Å². The Labute approximate surface area is 209 Å². The third-order valence-corrected chi connectivity index (χ3v) is 5.88. The number of rotatable bonds is 9. The number of benzene rings is 1. The summed E-state index contributed by atoms with van der Waals surface area (Å²) in [5.41, 5.74) is 1.66. The Morgan fingerprint density at radius 2 is 1.83 bits per heavy atom. The van der Waals surface area contributed by atoms with Crippen molar-refractivity contribution in [1.82, 2.24) is 19.9 Å². The summed E-state index contributed by atoms with van der Waals surface area (Å²) in [6, 6.07) is 7.97. The number of aromatic nitrogens is 3. The molecule has 3 aromatic heterocycles. The largest absolute Gasteiger partial charge is 0.497 e. The number of furan rings is 1. The molecule has 0 aliphatic carbocycles. The predicted molar refractivity (Wildman–Crippen MR) is 135 cm³/mol. The Hall–Kier alpha value is -3.92. The van der Waals surface area contributed by atoms with Crippen molar-refractivity contribution in [1.29, 1.82) is 0 Å². The van der Waals surface area contributed by atoms with Crippen LogP contribution in [0.4, 0.5) is 5.82 Å². The van der Waals surface area contributed by atoms with E-state index in [-0.39, 0.29) is 0 Å². The normalized spacial score (nSPS) is 14.0. The average molecular weight is 494 g/mol. The topological polar surface area (TPSA) is 105 Å². The van der Waals surface area contributed by atoms with Crippen LogP contribution in [0, 0.1) is 0 Å². The van der Waals surface area contributed by atoms with Crippen LogP contribution in [0.15, 0.2) is 41.2 Å². The van der Waals surface area contributed by atoms with Crippen molar-refractivity contribution in [2.75, 3.05) is 19.5 Å². The lowest BCUT2D eigenvalue weighted by atomic mass is 10.2. The van der Waals surface area contributed by atoms with Crippen molar-refractivity contribution in [3.8, 4) is 28.9 Å². The average Bonchev–Trinajstić information content (AvgIpc) is 3.52. The molecular formula is C26H31N5O5. The van der Waals surface area contributed by atoms with E-state index in [0.29, 0.717) is 53.7 Å². The van der Waals surface area contributed by atoms with E-state index >= 15 is 0 Å². The summed E-state index contributed by atoms with van der Waals surface area (Å²) in [5, 5.41) is 7.63. The van der Waals surface area contributed by atoms with E-state index in [2.05, 4.69) is 34.4 Å². The lowest BCUT2D eigenvalue weighted by Crippen LogP contribution is -2.30. The van der Waals surface area contributed by atoms with Crippen molar-refractivity contribution in [3.63, 3.8) is 0 Å². The first-order valence-electron chi connectivity index (χ1n) is 11.8. The Morgan fingerprint density at radius 3 is 2.58 bits per heavy atom. The fourth-order valence-electron chi connectivity index (χ4n) is 4.14. The maximum Gasteiger partial charge on any atom is 0.252 e. The van der Waals surface area contributed by atoms with E-state index in [9.17, 15) is 0 Å². The lowest BCUT2D eigenvalue weighted by molar-refractivity contribution is -0.0468. The number of hydrogen-bond donors (Lipinski definition) is 2. The fourth-order valence-corrected chi connectivity index (χ4v) is 4.14. The maximum absolute atomic E-state index is 6.25. The molecule has 0 atom stereocenters. The SMILES string of the molecule is COc1ccc(CNc2ncnc3c2ccn3-c2oc(CNC(C)C)c3c2OC(C)(C)O3)c(OC)c1. The second-order valence-electron chi connectivity index (χ2n) is 9.30. The van der Waals surface area contributed by atoms with Crippen LogP contribution in [0.3, 0.4) is 0 Å². The second kappa shape index (κ2) is 9.27. The first-order chi connectivity index (χ1) is 17.3. The number of methoxy groups -OCH3 is 2. The molecule has 0 saturated heterocycles. The third kappa shape index (κ3) is 4.39. The molecule has 0 spiro atoms. The minimum atomic E-state index is -0.787. The molecule has 4 heterocycles. The highest BCUT2D eigenvalue weighted by Gasteiger charge is 2.40. The highest BCUT2D eigenvalue weighted by molar-refractivity contribution is 5.88. The minimum Gasteiger partial charge on any atom is -0.497 e. The Bertz CT molecular complexity index is 1390. The maximum atomic E-state index is 6.25. The number of ether oxygens (including phenoxy) is 4. The summed E-state index contributed by atoms with van der Waals surface area (Å²) in [6.07, 6.45) is 3.42. The molecule has 0 fully saturated rings. The van der Waals surface area contributed by atoms with Gasteiger partial charge in [0.1, 0.15) is 23.6 Å². The number of hydrogen-bond acceptors (Lipinski definition) is 9. The van der Waals surface area contributed by atoms with Crippen LogP contribution in [0.2, 0.25) is 0 Å². The molecule has 10 heteroatoms. The van der Waals surface area contributed by atoms with Gasteiger partial charge < -0.3 is 34.0 Å². The summed E-state index contributed by atoms with van der Waals surface area (Å²) in [4.78, 5) is 9.00. The summed E-state index contributed by atoms with van der Waals surface area (Å²) in [6.45, 7) is 8.94. The molecule has 0 amide bonds. The Balaban J connectivity index is 1.47. The van der Waals surface area contributed by atoms with E-state index in [0.717, 1.165) is 22.4 Å². The Morgan fingerprint density at radius 1 is 1.03 bits per heavy atom. The lowest BCUT2D eigenvalue weighted by Gasteiger charge is -2.18. The Kier molecular flexibility index (Phi) is 6.13. The molecule has 0 radical (unpaired) electrons. The third-order valence-electron chi connectivity index (χ3n) is 5.88. The van der Waals surface area contributed by atoms with Crippen molar-refractivity contribution in [2.24, 2.45) is 0 Å². The number of fused-ring (bicyclic) bond motifs is 2. The van der Waals surface area contributed by atoms with Gasteiger partial charge in [-0.2, -0.15) is 0 Å². The van der Waals surface area contributed by atoms with E-state index in [1.54, 1.807) is 14.2 Å². The van der Waals surface area contributed by atoms with Crippen molar-refractivity contribution in [2.45, 2.75) is 52.6 Å². The molecule has 2 N–H and O–H groups in total. The highest BCUT2D eigenvalue weighted by Crippen LogP contribution is 2.49. The van der Waals surface area contributed by atoms with Crippen LogP contribution in [0.5, 0.6) is 23.0 Å². The van der Waals surface area contributed by atoms with Crippen molar-refractivity contribution in [3.05, 3.63) is 48.1 Å². The molecule has 1 aliphatic rings. The van der Waals surface area contributed by atoms with E-state index in [1.165, 1.54) is 6.33 Å². The molecule has 0 unspecified atom stereocenters. The van der Waals surface area contributed by atoms with Crippen LogP contribution in [0.1, 0.15) is 39.0 Å². The number of anilines is 1. The highest BCUT2D eigenvalue weighted by atomic mass is 16.7. The van der Waals surface area contributed by atoms with Crippen LogP contribution >= 0.6 is 0 Å². The van der Waals surface area contributed by atoms with Crippen LogP contribution in [-0.2, 0) is 13.1 Å². The molecule has 0 bridgehead atoms. The minimum absolute atomic E-state index is 0.294. The molecule has 5 rings (SSSR count). The molecule has 1 aromatic carbocycles. The first kappa shape index (κ1) is 23.8. The van der Waals surface area contributed by atoms with Gasteiger partial charge in [-0.15, -0.1) is 0 Å². The van der Waals surface area contributed by atoms with Gasteiger partial charge >= 0.3 is 0 Å². The molecular weight excluding hydrogens is 462 g/mol. The van der Waals surface area contributed by atoms with E-state index < -0.39 is 5.79 Å². The van der Waals surface area contributed by atoms with Gasteiger partial charge in [0.25, 0.3) is 5.88 Å². The van der Waals surface area contributed by atoms with Crippen LogP contribution < -0.4 is 29.6 Å². The summed E-state index contributed by atoms with van der Waals surface area (Å²) in [5.74, 6) is 3.76. The summed E-state index contributed by atoms with van der Waals surface area (Å²) < 4.78 is 31.1. The monoisotopic (exact) mass is 493 g/mol. The summed E-state index contributed by atoms with van der Waals surface area (Å²) >= 11 is 0. The standard InChI is InChI=1S/C26H31N5O5/c1-15(2)27-13-20-21-22(36-26(3,4)35-21)25(34-20)31-10-9-18-23(29-14-30-24(18)31)28-12-16-7-8-17(32-5)11-19(16)33-6/h7-11,14-15,27H,12-13H2,1-6H3,(H,28,29,30). The molecule has 0 saturated carbocycles. The van der Waals surface area contributed by atoms with Gasteiger partial charge in [0, 0.05) is 44.3 Å². The predicted octanol–water partition coefficient (Wildman–Crippen LogP) is 4.65. The van der Waals surface area contributed by atoms with Crippen LogP contribution in [-0.4, -0.2) is 40.6 Å². The fraction of sp³-hybridized carbons (Fsp3) is 0.385. The van der Waals surface area contributed by atoms with Gasteiger partial charge in [-0.05, 0) is 18.2 Å². The molecule has 36 heavy (non-hydrogen) atoms. The van der Waals surface area contributed by atoms with Gasteiger partial charge in [-0.25, -0.2) is 9.97 Å². The van der Waals surface area contributed by atoms with Crippen molar-refractivity contribution >= 4 is 16.9 Å². The zero-order valence-electron chi connectivity index (χ0n) is 21.3.